The summed E-state index contributed by atoms with van der Waals surface area (Å²) in [5.74, 6) is -0.326. The van der Waals surface area contributed by atoms with Crippen molar-refractivity contribution < 1.29 is 13.2 Å². The van der Waals surface area contributed by atoms with Gasteiger partial charge in [0, 0.05) is 29.2 Å². The lowest BCUT2D eigenvalue weighted by Gasteiger charge is -2.08. The molecule has 0 bridgehead atoms. The van der Waals surface area contributed by atoms with E-state index < -0.39 is 10.0 Å². The second-order valence-corrected chi connectivity index (χ2v) is 7.51. The summed E-state index contributed by atoms with van der Waals surface area (Å²) in [5.41, 5.74) is 3.11. The van der Waals surface area contributed by atoms with E-state index in [-0.39, 0.29) is 16.4 Å². The Balaban J connectivity index is 1.70. The highest BCUT2D eigenvalue weighted by molar-refractivity contribution is 7.89. The number of aromatic amines is 1. The molecule has 130 valence electrons. The summed E-state index contributed by atoms with van der Waals surface area (Å²) in [4.78, 5) is 15.4. The van der Waals surface area contributed by atoms with Gasteiger partial charge in [0.15, 0.2) is 0 Å². The van der Waals surface area contributed by atoms with Crippen LogP contribution in [0.5, 0.6) is 0 Å². The molecule has 2 aromatic carbocycles. The number of sulfonamides is 1. The van der Waals surface area contributed by atoms with Crippen molar-refractivity contribution in [3.8, 4) is 0 Å². The normalized spacial score (nSPS) is 11.6. The van der Waals surface area contributed by atoms with E-state index in [4.69, 9.17) is 5.14 Å². The fourth-order valence-electron chi connectivity index (χ4n) is 2.79. The molecule has 7 heteroatoms. The number of primary sulfonamides is 1. The summed E-state index contributed by atoms with van der Waals surface area (Å²) in [6, 6.07) is 12.3. The summed E-state index contributed by atoms with van der Waals surface area (Å²) < 4.78 is 23.0. The summed E-state index contributed by atoms with van der Waals surface area (Å²) in [6.07, 6.45) is 2.60. The molecule has 1 amide bonds. The minimum absolute atomic E-state index is 0.0609. The molecular formula is C18H19N3O3S. The van der Waals surface area contributed by atoms with Crippen molar-refractivity contribution in [2.24, 2.45) is 5.14 Å². The second-order valence-electron chi connectivity index (χ2n) is 5.95. The zero-order valence-corrected chi connectivity index (χ0v) is 14.6. The van der Waals surface area contributed by atoms with Gasteiger partial charge in [0.2, 0.25) is 10.0 Å². The Labute approximate surface area is 146 Å². The summed E-state index contributed by atoms with van der Waals surface area (Å²) in [6.45, 7) is 2.16. The van der Waals surface area contributed by atoms with Crippen LogP contribution in [0.4, 0.5) is 0 Å². The van der Waals surface area contributed by atoms with E-state index in [0.29, 0.717) is 18.5 Å². The van der Waals surface area contributed by atoms with Gasteiger partial charge in [-0.25, -0.2) is 13.6 Å². The SMILES string of the molecule is Cc1cc(C(=O)NCCc2c[nH]c3ccccc23)cc(S(N)(=O)=O)c1. The molecule has 0 aliphatic carbocycles. The van der Waals surface area contributed by atoms with Gasteiger partial charge in [-0.2, -0.15) is 0 Å². The lowest BCUT2D eigenvalue weighted by atomic mass is 10.1. The number of para-hydroxylation sites is 1. The van der Waals surface area contributed by atoms with Gasteiger partial charge in [-0.15, -0.1) is 0 Å². The molecular weight excluding hydrogens is 338 g/mol. The first-order valence-corrected chi connectivity index (χ1v) is 9.37. The summed E-state index contributed by atoms with van der Waals surface area (Å²) in [5, 5.41) is 9.10. The fraction of sp³-hybridized carbons (Fsp3) is 0.167. The van der Waals surface area contributed by atoms with E-state index in [1.54, 1.807) is 13.0 Å². The Bertz CT molecular complexity index is 1040. The molecule has 0 unspecified atom stereocenters. The summed E-state index contributed by atoms with van der Waals surface area (Å²) in [7, 11) is -3.85. The number of fused-ring (bicyclic) bond motifs is 1. The van der Waals surface area contributed by atoms with E-state index in [9.17, 15) is 13.2 Å². The maximum absolute atomic E-state index is 12.3. The third-order valence-electron chi connectivity index (χ3n) is 4.00. The Hall–Kier alpha value is -2.64. The predicted octanol–water partition coefficient (Wildman–Crippen LogP) is 2.10. The van der Waals surface area contributed by atoms with Crippen LogP contribution in [0.25, 0.3) is 10.9 Å². The molecule has 25 heavy (non-hydrogen) atoms. The Morgan fingerprint density at radius 1 is 1.20 bits per heavy atom. The topological polar surface area (TPSA) is 105 Å². The van der Waals surface area contributed by atoms with Crippen molar-refractivity contribution in [2.45, 2.75) is 18.2 Å². The number of aromatic nitrogens is 1. The highest BCUT2D eigenvalue weighted by Crippen LogP contribution is 2.18. The number of H-pyrrole nitrogens is 1. The molecule has 0 aliphatic heterocycles. The Morgan fingerprint density at radius 3 is 2.72 bits per heavy atom. The quantitative estimate of drug-likeness (QED) is 0.651. The largest absolute Gasteiger partial charge is 0.361 e. The molecule has 0 saturated carbocycles. The van der Waals surface area contributed by atoms with Crippen molar-refractivity contribution in [2.75, 3.05) is 6.54 Å². The van der Waals surface area contributed by atoms with Crippen molar-refractivity contribution >= 4 is 26.8 Å². The van der Waals surface area contributed by atoms with Gasteiger partial charge in [-0.1, -0.05) is 18.2 Å². The number of benzene rings is 2. The first-order chi connectivity index (χ1) is 11.8. The number of hydrogen-bond donors (Lipinski definition) is 3. The molecule has 0 radical (unpaired) electrons. The van der Waals surface area contributed by atoms with E-state index in [1.165, 1.54) is 12.1 Å². The van der Waals surface area contributed by atoms with Crippen LogP contribution in [-0.4, -0.2) is 25.9 Å². The number of hydrogen-bond acceptors (Lipinski definition) is 3. The van der Waals surface area contributed by atoms with Crippen molar-refractivity contribution in [3.63, 3.8) is 0 Å². The minimum atomic E-state index is -3.85. The van der Waals surface area contributed by atoms with Crippen molar-refractivity contribution in [1.82, 2.24) is 10.3 Å². The number of carbonyl (C=O) groups excluding carboxylic acids is 1. The molecule has 3 rings (SSSR count). The third-order valence-corrected chi connectivity index (χ3v) is 4.89. The third kappa shape index (κ3) is 3.89. The summed E-state index contributed by atoms with van der Waals surface area (Å²) >= 11 is 0. The number of aryl methyl sites for hydroxylation is 1. The standard InChI is InChI=1S/C18H19N3O3S/c1-12-8-14(10-15(9-12)25(19,23)24)18(22)20-7-6-13-11-21-17-5-3-2-4-16(13)17/h2-5,8-11,21H,6-7H2,1H3,(H,20,22)(H2,19,23,24). The number of nitrogens with one attached hydrogen (secondary N) is 2. The van der Waals surface area contributed by atoms with Gasteiger partial charge in [-0.3, -0.25) is 4.79 Å². The van der Waals surface area contributed by atoms with Crippen LogP contribution in [0.2, 0.25) is 0 Å². The Kier molecular flexibility index (Phi) is 4.61. The molecule has 0 fully saturated rings. The molecule has 1 aromatic heterocycles. The molecule has 0 spiro atoms. The fourth-order valence-corrected chi connectivity index (χ4v) is 3.44. The van der Waals surface area contributed by atoms with Crippen LogP contribution in [0, 0.1) is 6.92 Å². The second kappa shape index (κ2) is 6.70. The van der Waals surface area contributed by atoms with Gasteiger partial charge in [0.25, 0.3) is 5.91 Å². The average molecular weight is 357 g/mol. The van der Waals surface area contributed by atoms with E-state index in [0.717, 1.165) is 16.5 Å². The predicted molar refractivity (Wildman–Crippen MR) is 96.9 cm³/mol. The van der Waals surface area contributed by atoms with Crippen LogP contribution in [-0.2, 0) is 16.4 Å². The average Bonchev–Trinajstić information content (AvgIpc) is 2.97. The zero-order chi connectivity index (χ0) is 18.0. The lowest BCUT2D eigenvalue weighted by molar-refractivity contribution is 0.0954. The van der Waals surface area contributed by atoms with E-state index in [1.807, 2.05) is 30.5 Å². The van der Waals surface area contributed by atoms with Crippen LogP contribution in [0.15, 0.2) is 53.6 Å². The number of rotatable bonds is 5. The van der Waals surface area contributed by atoms with Crippen LogP contribution >= 0.6 is 0 Å². The number of nitrogens with two attached hydrogens (primary N) is 1. The zero-order valence-electron chi connectivity index (χ0n) is 13.7. The maximum Gasteiger partial charge on any atom is 0.251 e. The number of amides is 1. The molecule has 1 heterocycles. The Morgan fingerprint density at radius 2 is 1.96 bits per heavy atom. The van der Waals surface area contributed by atoms with Gasteiger partial charge in [0.1, 0.15) is 0 Å². The van der Waals surface area contributed by atoms with E-state index in [2.05, 4.69) is 10.3 Å². The minimum Gasteiger partial charge on any atom is -0.361 e. The molecule has 3 aromatic rings. The molecule has 0 saturated heterocycles. The van der Waals surface area contributed by atoms with Crippen LogP contribution < -0.4 is 10.5 Å². The first kappa shape index (κ1) is 17.2. The molecule has 0 aliphatic rings. The molecule has 6 nitrogen and oxygen atoms in total. The monoisotopic (exact) mass is 357 g/mol. The number of carbonyl (C=O) groups is 1. The van der Waals surface area contributed by atoms with Crippen LogP contribution in [0.1, 0.15) is 21.5 Å². The van der Waals surface area contributed by atoms with Gasteiger partial charge < -0.3 is 10.3 Å². The van der Waals surface area contributed by atoms with E-state index >= 15 is 0 Å². The van der Waals surface area contributed by atoms with Gasteiger partial charge >= 0.3 is 0 Å². The highest BCUT2D eigenvalue weighted by atomic mass is 32.2. The lowest BCUT2D eigenvalue weighted by Crippen LogP contribution is -2.26. The van der Waals surface area contributed by atoms with Gasteiger partial charge in [0.05, 0.1) is 4.90 Å². The maximum atomic E-state index is 12.3. The van der Waals surface area contributed by atoms with Crippen molar-refractivity contribution in [3.05, 3.63) is 65.4 Å². The first-order valence-electron chi connectivity index (χ1n) is 7.82. The van der Waals surface area contributed by atoms with Gasteiger partial charge in [-0.05, 0) is 48.7 Å². The smallest absolute Gasteiger partial charge is 0.251 e. The highest BCUT2D eigenvalue weighted by Gasteiger charge is 2.13. The van der Waals surface area contributed by atoms with Crippen molar-refractivity contribution in [1.29, 1.82) is 0 Å². The molecule has 4 N–H and O–H groups in total. The van der Waals surface area contributed by atoms with Crippen LogP contribution in [0.3, 0.4) is 0 Å². The molecule has 0 atom stereocenters.